The maximum atomic E-state index is 12.1. The van der Waals surface area contributed by atoms with Crippen molar-refractivity contribution >= 4 is 22.6 Å². The van der Waals surface area contributed by atoms with Gasteiger partial charge >= 0.3 is 0 Å². The van der Waals surface area contributed by atoms with Crippen molar-refractivity contribution in [1.29, 1.82) is 0 Å². The Labute approximate surface area is 208 Å². The number of nitrogens with one attached hydrogen (secondary N) is 1. The van der Waals surface area contributed by atoms with Gasteiger partial charge in [-0.15, -0.1) is 0 Å². The summed E-state index contributed by atoms with van der Waals surface area (Å²) in [6.07, 6.45) is 3.16. The molecule has 3 unspecified atom stereocenters. The molecule has 1 aromatic heterocycles. The highest BCUT2D eigenvalue weighted by Gasteiger charge is 2.33. The van der Waals surface area contributed by atoms with Gasteiger partial charge in [-0.25, -0.2) is 4.98 Å². The van der Waals surface area contributed by atoms with E-state index in [4.69, 9.17) is 4.98 Å². The van der Waals surface area contributed by atoms with E-state index < -0.39 is 0 Å². The fourth-order valence-electron chi connectivity index (χ4n) is 6.10. The summed E-state index contributed by atoms with van der Waals surface area (Å²) < 4.78 is 2.37. The zero-order valence-electron chi connectivity index (χ0n) is 21.4. The van der Waals surface area contributed by atoms with Crippen LogP contribution in [-0.4, -0.2) is 51.7 Å². The average molecular weight is 475 g/mol. The molecule has 1 aliphatic heterocycles. The minimum absolute atomic E-state index is 0.0217. The Kier molecular flexibility index (Phi) is 6.69. The van der Waals surface area contributed by atoms with Gasteiger partial charge in [-0.05, 0) is 80.0 Å². The number of imidazole rings is 1. The van der Waals surface area contributed by atoms with Crippen molar-refractivity contribution in [2.45, 2.75) is 53.0 Å². The molecule has 2 aromatic carbocycles. The first kappa shape index (κ1) is 24.0. The lowest BCUT2D eigenvalue weighted by molar-refractivity contribution is -0.118. The van der Waals surface area contributed by atoms with Crippen LogP contribution in [0.25, 0.3) is 11.0 Å². The van der Waals surface area contributed by atoms with E-state index in [0.29, 0.717) is 5.92 Å². The highest BCUT2D eigenvalue weighted by molar-refractivity contribution is 5.92. The molecule has 0 saturated carbocycles. The van der Waals surface area contributed by atoms with E-state index in [1.165, 1.54) is 22.2 Å². The topological polar surface area (TPSA) is 70.4 Å². The van der Waals surface area contributed by atoms with Crippen LogP contribution in [0.15, 0.2) is 36.4 Å². The number of carbonyl (C=O) groups is 1. The fraction of sp³-hybridized carbons (Fsp3) is 0.517. The van der Waals surface area contributed by atoms with E-state index >= 15 is 0 Å². The molecule has 0 bridgehead atoms. The smallest absolute Gasteiger partial charge is 0.226 e. The standard InChI is InChI=1S/C29H38N4O2/c1-18(2)29(35)31-25-7-6-22-12-21(13-23(22)14-25)15-32-10-9-27(24(16-32)17-34)33-20(4)30-26-11-19(3)5-8-28(26)33/h5-8,11,14,18,21,24,27,34H,9-10,12-13,15-17H2,1-4H3,(H,31,35). The fourth-order valence-corrected chi connectivity index (χ4v) is 6.10. The molecule has 1 amide bonds. The minimum Gasteiger partial charge on any atom is -0.396 e. The van der Waals surface area contributed by atoms with Crippen molar-refractivity contribution in [1.82, 2.24) is 14.5 Å². The van der Waals surface area contributed by atoms with Crippen molar-refractivity contribution in [3.63, 3.8) is 0 Å². The number of anilines is 1. The zero-order chi connectivity index (χ0) is 24.7. The normalized spacial score (nSPS) is 22.6. The van der Waals surface area contributed by atoms with Crippen LogP contribution in [0.3, 0.4) is 0 Å². The molecule has 6 nitrogen and oxygen atoms in total. The number of piperidine rings is 1. The summed E-state index contributed by atoms with van der Waals surface area (Å²) in [5.74, 6) is 1.85. The summed E-state index contributed by atoms with van der Waals surface area (Å²) in [7, 11) is 0. The third-order valence-electron chi connectivity index (χ3n) is 7.90. The molecule has 186 valence electrons. The van der Waals surface area contributed by atoms with Gasteiger partial charge in [0.2, 0.25) is 5.91 Å². The number of amides is 1. The molecular formula is C29H38N4O2. The van der Waals surface area contributed by atoms with Crippen LogP contribution in [0.5, 0.6) is 0 Å². The predicted octanol–water partition coefficient (Wildman–Crippen LogP) is 4.52. The van der Waals surface area contributed by atoms with Crippen LogP contribution in [0.2, 0.25) is 0 Å². The number of benzene rings is 2. The number of likely N-dealkylation sites (tertiary alicyclic amines) is 1. The summed E-state index contributed by atoms with van der Waals surface area (Å²) in [5, 5.41) is 13.4. The Morgan fingerprint density at radius 2 is 1.94 bits per heavy atom. The highest BCUT2D eigenvalue weighted by atomic mass is 16.3. The molecule has 35 heavy (non-hydrogen) atoms. The van der Waals surface area contributed by atoms with Crippen LogP contribution in [-0.2, 0) is 17.6 Å². The molecule has 5 rings (SSSR count). The number of hydrogen-bond acceptors (Lipinski definition) is 4. The Balaban J connectivity index is 1.24. The molecule has 0 radical (unpaired) electrons. The lowest BCUT2D eigenvalue weighted by atomic mass is 9.91. The van der Waals surface area contributed by atoms with Crippen LogP contribution in [0.1, 0.15) is 48.8 Å². The second-order valence-electron chi connectivity index (χ2n) is 11.0. The molecule has 0 spiro atoms. The van der Waals surface area contributed by atoms with Crippen LogP contribution in [0, 0.1) is 31.6 Å². The molecule has 3 atom stereocenters. The van der Waals surface area contributed by atoms with E-state index in [0.717, 1.165) is 55.9 Å². The number of fused-ring (bicyclic) bond motifs is 2. The van der Waals surface area contributed by atoms with E-state index in [9.17, 15) is 9.90 Å². The zero-order valence-corrected chi connectivity index (χ0v) is 21.4. The van der Waals surface area contributed by atoms with E-state index in [1.807, 2.05) is 19.9 Å². The minimum atomic E-state index is -0.0217. The van der Waals surface area contributed by atoms with Crippen molar-refractivity contribution in [3.8, 4) is 0 Å². The number of aliphatic hydroxyl groups is 1. The number of aryl methyl sites for hydroxylation is 2. The Morgan fingerprint density at radius 3 is 2.71 bits per heavy atom. The summed E-state index contributed by atoms with van der Waals surface area (Å²) in [6.45, 7) is 11.2. The second-order valence-corrected chi connectivity index (χ2v) is 11.0. The number of aliphatic hydroxyl groups excluding tert-OH is 1. The summed E-state index contributed by atoms with van der Waals surface area (Å²) >= 11 is 0. The van der Waals surface area contributed by atoms with Crippen molar-refractivity contribution in [3.05, 3.63) is 58.9 Å². The van der Waals surface area contributed by atoms with Gasteiger partial charge in [0.25, 0.3) is 0 Å². The third-order valence-corrected chi connectivity index (χ3v) is 7.90. The first-order chi connectivity index (χ1) is 16.8. The number of aromatic nitrogens is 2. The SMILES string of the molecule is Cc1ccc2c(c1)nc(C)n2C1CCN(CC2Cc3ccc(NC(=O)C(C)C)cc3C2)CC1CO. The molecule has 3 aromatic rings. The Morgan fingerprint density at radius 1 is 1.14 bits per heavy atom. The molecule has 2 aliphatic rings. The second kappa shape index (κ2) is 9.75. The van der Waals surface area contributed by atoms with Gasteiger partial charge in [-0.2, -0.15) is 0 Å². The average Bonchev–Trinajstić information content (AvgIpc) is 3.37. The van der Waals surface area contributed by atoms with Crippen molar-refractivity contribution < 1.29 is 9.90 Å². The quantitative estimate of drug-likeness (QED) is 0.551. The van der Waals surface area contributed by atoms with Crippen LogP contribution in [0.4, 0.5) is 5.69 Å². The summed E-state index contributed by atoms with van der Waals surface area (Å²) in [6, 6.07) is 13.1. The van der Waals surface area contributed by atoms with Gasteiger partial charge in [0.05, 0.1) is 11.0 Å². The van der Waals surface area contributed by atoms with E-state index in [2.05, 4.69) is 59.0 Å². The molecule has 1 saturated heterocycles. The van der Waals surface area contributed by atoms with Gasteiger partial charge in [-0.1, -0.05) is 26.0 Å². The molecule has 1 aliphatic carbocycles. The monoisotopic (exact) mass is 474 g/mol. The predicted molar refractivity (Wildman–Crippen MR) is 141 cm³/mol. The number of hydrogen-bond donors (Lipinski definition) is 2. The van der Waals surface area contributed by atoms with Gasteiger partial charge in [0.15, 0.2) is 0 Å². The Bertz CT molecular complexity index is 1230. The molecular weight excluding hydrogens is 436 g/mol. The lowest BCUT2D eigenvalue weighted by Gasteiger charge is -2.40. The van der Waals surface area contributed by atoms with Crippen LogP contribution < -0.4 is 5.32 Å². The lowest BCUT2D eigenvalue weighted by Crippen LogP contribution is -2.44. The maximum absolute atomic E-state index is 12.1. The van der Waals surface area contributed by atoms with Crippen molar-refractivity contribution in [2.75, 3.05) is 31.6 Å². The molecule has 2 heterocycles. The third kappa shape index (κ3) is 4.87. The summed E-state index contributed by atoms with van der Waals surface area (Å²) in [4.78, 5) is 19.4. The maximum Gasteiger partial charge on any atom is 0.226 e. The van der Waals surface area contributed by atoms with E-state index in [1.54, 1.807) is 0 Å². The number of nitrogens with zero attached hydrogens (tertiary/aromatic N) is 3. The van der Waals surface area contributed by atoms with Gasteiger partial charge in [-0.3, -0.25) is 4.79 Å². The van der Waals surface area contributed by atoms with Gasteiger partial charge in [0.1, 0.15) is 5.82 Å². The number of carbonyl (C=O) groups excluding carboxylic acids is 1. The molecule has 2 N–H and O–H groups in total. The Hall–Kier alpha value is -2.70. The van der Waals surface area contributed by atoms with Crippen LogP contribution >= 0.6 is 0 Å². The first-order valence-corrected chi connectivity index (χ1v) is 13.0. The van der Waals surface area contributed by atoms with Crippen molar-refractivity contribution in [2.24, 2.45) is 17.8 Å². The molecule has 1 fully saturated rings. The number of rotatable bonds is 6. The highest BCUT2D eigenvalue weighted by Crippen LogP contribution is 2.35. The molecule has 6 heteroatoms. The largest absolute Gasteiger partial charge is 0.396 e. The first-order valence-electron chi connectivity index (χ1n) is 13.0. The van der Waals surface area contributed by atoms with Gasteiger partial charge in [0, 0.05) is 49.8 Å². The van der Waals surface area contributed by atoms with Gasteiger partial charge < -0.3 is 19.9 Å². The van der Waals surface area contributed by atoms with E-state index in [-0.39, 0.29) is 30.4 Å². The summed E-state index contributed by atoms with van der Waals surface area (Å²) in [5.41, 5.74) is 7.12.